The van der Waals surface area contributed by atoms with Gasteiger partial charge in [-0.05, 0) is 79.9 Å². The van der Waals surface area contributed by atoms with E-state index >= 15 is 0 Å². The van der Waals surface area contributed by atoms with Gasteiger partial charge in [-0.1, -0.05) is 45.4 Å². The zero-order valence-corrected chi connectivity index (χ0v) is 18.0. The molecule has 0 atom stereocenters. The second-order valence-electron chi connectivity index (χ2n) is 9.64. The topological polar surface area (TPSA) is 0 Å². The average Bonchev–Trinajstić information content (AvgIpc) is 2.67. The van der Waals surface area contributed by atoms with Crippen molar-refractivity contribution in [2.24, 2.45) is 17.8 Å². The molecule has 0 nitrogen and oxygen atoms in total. The van der Waals surface area contributed by atoms with Gasteiger partial charge < -0.3 is 0 Å². The van der Waals surface area contributed by atoms with Crippen LogP contribution >= 0.6 is 0 Å². The van der Waals surface area contributed by atoms with Crippen molar-refractivity contribution < 1.29 is 17.6 Å². The highest BCUT2D eigenvalue weighted by Gasteiger charge is 2.35. The number of alkyl halides is 2. The van der Waals surface area contributed by atoms with Crippen molar-refractivity contribution >= 4 is 0 Å². The van der Waals surface area contributed by atoms with Crippen LogP contribution in [0.15, 0.2) is 12.1 Å². The van der Waals surface area contributed by atoms with Crippen molar-refractivity contribution in [1.82, 2.24) is 0 Å². The number of rotatable bonds is 7. The van der Waals surface area contributed by atoms with Crippen LogP contribution in [-0.2, 0) is 5.92 Å². The minimum absolute atomic E-state index is 0.0835. The molecule has 0 unspecified atom stereocenters. The Morgan fingerprint density at radius 3 is 1.83 bits per heavy atom. The van der Waals surface area contributed by atoms with Crippen LogP contribution in [-0.4, -0.2) is 0 Å². The van der Waals surface area contributed by atoms with Gasteiger partial charge in [0.05, 0.1) is 5.56 Å². The molecule has 3 rings (SSSR count). The van der Waals surface area contributed by atoms with Gasteiger partial charge >= 0.3 is 0 Å². The smallest absolute Gasteiger partial charge is 0.206 e. The largest absolute Gasteiger partial charge is 0.276 e. The molecule has 2 fully saturated rings. The lowest BCUT2D eigenvalue weighted by Crippen LogP contribution is -2.25. The highest BCUT2D eigenvalue weighted by molar-refractivity contribution is 5.31. The maximum absolute atomic E-state index is 14.2. The molecule has 2 saturated carbocycles. The molecule has 2 aliphatic carbocycles. The maximum atomic E-state index is 14.2. The van der Waals surface area contributed by atoms with E-state index in [9.17, 15) is 17.6 Å². The summed E-state index contributed by atoms with van der Waals surface area (Å²) >= 11 is 0. The van der Waals surface area contributed by atoms with Gasteiger partial charge in [0.1, 0.15) is 11.6 Å². The molecular weight excluding hydrogens is 376 g/mol. The SMILES string of the molecule is CCCCC[C@H]1CC[C@H](C2CCC(c3cc(F)c(C(C)(F)F)c(F)c3)CC2)CC1. The average molecular weight is 413 g/mol. The fraction of sp³-hybridized carbons (Fsp3) is 0.760. The molecule has 0 bridgehead atoms. The van der Waals surface area contributed by atoms with Crippen LogP contribution in [0.1, 0.15) is 108 Å². The van der Waals surface area contributed by atoms with Gasteiger partial charge in [-0.25, -0.2) is 17.6 Å². The quantitative estimate of drug-likeness (QED) is 0.310. The minimum atomic E-state index is -3.50. The molecule has 0 radical (unpaired) electrons. The van der Waals surface area contributed by atoms with Crippen molar-refractivity contribution in [3.05, 3.63) is 34.9 Å². The standard InChI is InChI=1S/C25H36F4/c1-3-4-5-6-17-7-9-18(10-8-17)19-11-13-20(14-12-19)21-15-22(26)24(23(27)16-21)25(2,28)29/h15-20H,3-14H2,1-2H3/t17-,18-,19?,20?. The first kappa shape index (κ1) is 22.6. The summed E-state index contributed by atoms with van der Waals surface area (Å²) in [6.45, 7) is 2.79. The van der Waals surface area contributed by atoms with E-state index in [0.29, 0.717) is 12.5 Å². The van der Waals surface area contributed by atoms with E-state index in [0.717, 1.165) is 55.6 Å². The van der Waals surface area contributed by atoms with Gasteiger partial charge in [0.25, 0.3) is 5.92 Å². The van der Waals surface area contributed by atoms with Crippen LogP contribution in [0.5, 0.6) is 0 Å². The Bertz CT molecular complexity index is 624. The van der Waals surface area contributed by atoms with Crippen molar-refractivity contribution in [3.63, 3.8) is 0 Å². The van der Waals surface area contributed by atoms with Crippen LogP contribution in [0.4, 0.5) is 17.6 Å². The summed E-state index contributed by atoms with van der Waals surface area (Å²) < 4.78 is 55.2. The van der Waals surface area contributed by atoms with Gasteiger partial charge in [0, 0.05) is 6.92 Å². The van der Waals surface area contributed by atoms with E-state index < -0.39 is 23.1 Å². The molecular formula is C25H36F4. The molecule has 4 heteroatoms. The highest BCUT2D eigenvalue weighted by Crippen LogP contribution is 2.45. The van der Waals surface area contributed by atoms with E-state index in [2.05, 4.69) is 6.92 Å². The molecule has 0 spiro atoms. The normalized spacial score (nSPS) is 28.5. The second-order valence-corrected chi connectivity index (χ2v) is 9.64. The lowest BCUT2D eigenvalue weighted by molar-refractivity contribution is 0.00977. The monoisotopic (exact) mass is 412 g/mol. The van der Waals surface area contributed by atoms with Crippen molar-refractivity contribution in [1.29, 1.82) is 0 Å². The van der Waals surface area contributed by atoms with Gasteiger partial charge in [-0.3, -0.25) is 0 Å². The van der Waals surface area contributed by atoms with Gasteiger partial charge in [-0.2, -0.15) is 0 Å². The van der Waals surface area contributed by atoms with Crippen LogP contribution in [0.2, 0.25) is 0 Å². The second kappa shape index (κ2) is 9.83. The van der Waals surface area contributed by atoms with Gasteiger partial charge in [0.15, 0.2) is 0 Å². The first-order valence-corrected chi connectivity index (χ1v) is 11.7. The summed E-state index contributed by atoms with van der Waals surface area (Å²) in [5, 5.41) is 0. The number of unbranched alkanes of at least 4 members (excludes halogenated alkanes) is 2. The summed E-state index contributed by atoms with van der Waals surface area (Å²) in [6.07, 6.45) is 14.8. The molecule has 0 aliphatic heterocycles. The summed E-state index contributed by atoms with van der Waals surface area (Å²) in [5.41, 5.74) is -0.559. The molecule has 1 aromatic carbocycles. The Kier molecular flexibility index (Phi) is 7.67. The van der Waals surface area contributed by atoms with Crippen LogP contribution < -0.4 is 0 Å². The molecule has 0 amide bonds. The molecule has 164 valence electrons. The number of hydrogen-bond donors (Lipinski definition) is 0. The van der Waals surface area contributed by atoms with E-state index in [4.69, 9.17) is 0 Å². The third kappa shape index (κ3) is 5.76. The summed E-state index contributed by atoms with van der Waals surface area (Å²) in [6, 6.07) is 2.28. The summed E-state index contributed by atoms with van der Waals surface area (Å²) in [7, 11) is 0. The molecule has 29 heavy (non-hydrogen) atoms. The lowest BCUT2D eigenvalue weighted by atomic mass is 9.68. The maximum Gasteiger partial charge on any atom is 0.276 e. The first-order chi connectivity index (χ1) is 13.8. The number of halogens is 4. The number of benzene rings is 1. The fourth-order valence-electron chi connectivity index (χ4n) is 5.80. The molecule has 0 saturated heterocycles. The minimum Gasteiger partial charge on any atom is -0.206 e. The van der Waals surface area contributed by atoms with Crippen LogP contribution in [0.3, 0.4) is 0 Å². The molecule has 2 aliphatic rings. The van der Waals surface area contributed by atoms with Crippen molar-refractivity contribution in [2.45, 2.75) is 103 Å². The zero-order valence-electron chi connectivity index (χ0n) is 18.0. The highest BCUT2D eigenvalue weighted by atomic mass is 19.3. The Morgan fingerprint density at radius 1 is 0.828 bits per heavy atom. The van der Waals surface area contributed by atoms with Gasteiger partial charge in [0.2, 0.25) is 0 Å². The summed E-state index contributed by atoms with van der Waals surface area (Å²) in [5.74, 6) is -3.22. The summed E-state index contributed by atoms with van der Waals surface area (Å²) in [4.78, 5) is 0. The predicted molar refractivity (Wildman–Crippen MR) is 110 cm³/mol. The Labute approximate surface area is 173 Å². The van der Waals surface area contributed by atoms with E-state index in [1.807, 2.05) is 0 Å². The Hall–Kier alpha value is -1.06. The van der Waals surface area contributed by atoms with Crippen LogP contribution in [0.25, 0.3) is 0 Å². The molecule has 0 aromatic heterocycles. The number of hydrogen-bond acceptors (Lipinski definition) is 0. The van der Waals surface area contributed by atoms with E-state index in [1.165, 1.54) is 51.4 Å². The first-order valence-electron chi connectivity index (χ1n) is 11.7. The predicted octanol–water partition coefficient (Wildman–Crippen LogP) is 8.74. The Balaban J connectivity index is 1.51. The third-order valence-electron chi connectivity index (χ3n) is 7.52. The van der Waals surface area contributed by atoms with E-state index in [1.54, 1.807) is 0 Å². The fourth-order valence-corrected chi connectivity index (χ4v) is 5.80. The van der Waals surface area contributed by atoms with Crippen molar-refractivity contribution in [3.8, 4) is 0 Å². The molecule has 0 heterocycles. The third-order valence-corrected chi connectivity index (χ3v) is 7.52. The zero-order chi connectivity index (χ0) is 21.0. The van der Waals surface area contributed by atoms with Crippen molar-refractivity contribution in [2.75, 3.05) is 0 Å². The lowest BCUT2D eigenvalue weighted by Gasteiger charge is -2.38. The molecule has 0 N–H and O–H groups in total. The Morgan fingerprint density at radius 2 is 1.34 bits per heavy atom. The van der Waals surface area contributed by atoms with E-state index in [-0.39, 0.29) is 5.92 Å². The van der Waals surface area contributed by atoms with Gasteiger partial charge in [-0.15, -0.1) is 0 Å². The molecule has 1 aromatic rings. The van der Waals surface area contributed by atoms with Crippen LogP contribution in [0, 0.1) is 29.4 Å².